The van der Waals surface area contributed by atoms with Gasteiger partial charge in [-0.3, -0.25) is 0 Å². The van der Waals surface area contributed by atoms with Crippen molar-refractivity contribution in [2.45, 2.75) is 26.2 Å². The van der Waals surface area contributed by atoms with Crippen LogP contribution in [0.15, 0.2) is 16.5 Å². The summed E-state index contributed by atoms with van der Waals surface area (Å²) in [4.78, 5) is 0. The highest BCUT2D eigenvalue weighted by atomic mass is 35.5. The van der Waals surface area contributed by atoms with Crippen LogP contribution in [-0.2, 0) is 5.41 Å². The van der Waals surface area contributed by atoms with E-state index in [-0.39, 0.29) is 5.41 Å². The van der Waals surface area contributed by atoms with Crippen LogP contribution in [0.3, 0.4) is 0 Å². The van der Waals surface area contributed by atoms with Crippen LogP contribution >= 0.6 is 11.6 Å². The van der Waals surface area contributed by atoms with Gasteiger partial charge in [-0.15, -0.1) is 0 Å². The summed E-state index contributed by atoms with van der Waals surface area (Å²) in [7, 11) is 0. The zero-order chi connectivity index (χ0) is 10.1. The van der Waals surface area contributed by atoms with Gasteiger partial charge in [0.05, 0.1) is 0 Å². The molecule has 0 spiro atoms. The monoisotopic (exact) mass is 201 g/mol. The third-order valence-electron chi connectivity index (χ3n) is 2.83. The fourth-order valence-electron chi connectivity index (χ4n) is 1.24. The second-order valence-corrected chi connectivity index (χ2v) is 4.25. The van der Waals surface area contributed by atoms with Crippen LogP contribution in [-0.4, -0.2) is 6.54 Å². The van der Waals surface area contributed by atoms with Crippen LogP contribution < -0.4 is 5.73 Å². The summed E-state index contributed by atoms with van der Waals surface area (Å²) in [6.07, 6.45) is 0. The molecule has 1 atom stereocenters. The highest BCUT2D eigenvalue weighted by molar-refractivity contribution is 6.28. The molecule has 0 radical (unpaired) electrons. The molecule has 1 rings (SSSR count). The van der Waals surface area contributed by atoms with Crippen LogP contribution in [0.1, 0.15) is 26.5 Å². The average molecular weight is 202 g/mol. The highest BCUT2D eigenvalue weighted by Gasteiger charge is 2.32. The van der Waals surface area contributed by atoms with Gasteiger partial charge in [-0.2, -0.15) is 0 Å². The van der Waals surface area contributed by atoms with Crippen molar-refractivity contribution in [3.8, 4) is 0 Å². The number of rotatable bonds is 3. The van der Waals surface area contributed by atoms with E-state index in [1.54, 1.807) is 6.07 Å². The van der Waals surface area contributed by atoms with E-state index in [0.29, 0.717) is 17.7 Å². The first-order valence-electron chi connectivity index (χ1n) is 4.46. The van der Waals surface area contributed by atoms with E-state index in [1.807, 2.05) is 6.07 Å². The molecule has 2 N–H and O–H groups in total. The van der Waals surface area contributed by atoms with E-state index in [9.17, 15) is 0 Å². The lowest BCUT2D eigenvalue weighted by Crippen LogP contribution is -2.36. The molecule has 0 aromatic carbocycles. The number of hydrogen-bond acceptors (Lipinski definition) is 2. The predicted molar refractivity (Wildman–Crippen MR) is 55.0 cm³/mol. The molecule has 0 amide bonds. The van der Waals surface area contributed by atoms with Gasteiger partial charge in [0.2, 0.25) is 0 Å². The average Bonchev–Trinajstić information content (AvgIpc) is 2.50. The van der Waals surface area contributed by atoms with Crippen LogP contribution in [0, 0.1) is 5.92 Å². The van der Waals surface area contributed by atoms with Gasteiger partial charge in [-0.05, 0) is 29.7 Å². The van der Waals surface area contributed by atoms with Crippen LogP contribution in [0.5, 0.6) is 0 Å². The van der Waals surface area contributed by atoms with E-state index < -0.39 is 0 Å². The van der Waals surface area contributed by atoms with E-state index in [2.05, 4.69) is 20.8 Å². The van der Waals surface area contributed by atoms with E-state index in [0.717, 1.165) is 5.76 Å². The molecule has 0 bridgehead atoms. The minimum Gasteiger partial charge on any atom is -0.449 e. The molecule has 2 nitrogen and oxygen atoms in total. The highest BCUT2D eigenvalue weighted by Crippen LogP contribution is 2.33. The van der Waals surface area contributed by atoms with Crippen molar-refractivity contribution in [3.63, 3.8) is 0 Å². The van der Waals surface area contributed by atoms with Crippen LogP contribution in [0.4, 0.5) is 0 Å². The molecule has 0 saturated heterocycles. The number of nitrogens with two attached hydrogens (primary N) is 1. The Labute approximate surface area is 84.1 Å². The summed E-state index contributed by atoms with van der Waals surface area (Å²) in [5.74, 6) is 1.30. The molecule has 74 valence electrons. The fraction of sp³-hybridized carbons (Fsp3) is 0.600. The number of hydrogen-bond donors (Lipinski definition) is 1. The second kappa shape index (κ2) is 3.72. The number of halogens is 1. The second-order valence-electron chi connectivity index (χ2n) is 3.88. The lowest BCUT2D eigenvalue weighted by molar-refractivity contribution is 0.283. The maximum atomic E-state index is 5.75. The molecule has 1 unspecified atom stereocenters. The summed E-state index contributed by atoms with van der Waals surface area (Å²) < 4.78 is 5.39. The fourth-order valence-corrected chi connectivity index (χ4v) is 1.39. The Bertz CT molecular complexity index is 282. The molecule has 0 aliphatic heterocycles. The van der Waals surface area contributed by atoms with Crippen LogP contribution in [0.25, 0.3) is 0 Å². The van der Waals surface area contributed by atoms with E-state index in [4.69, 9.17) is 21.8 Å². The van der Waals surface area contributed by atoms with Gasteiger partial charge in [0.15, 0.2) is 5.22 Å². The summed E-state index contributed by atoms with van der Waals surface area (Å²) in [5, 5.41) is 0.426. The molecule has 13 heavy (non-hydrogen) atoms. The van der Waals surface area contributed by atoms with Crippen molar-refractivity contribution in [1.82, 2.24) is 0 Å². The Morgan fingerprint density at radius 2 is 2.15 bits per heavy atom. The molecule has 3 heteroatoms. The van der Waals surface area contributed by atoms with Gasteiger partial charge >= 0.3 is 0 Å². The normalized spacial score (nSPS) is 16.2. The summed E-state index contributed by atoms with van der Waals surface area (Å²) >= 11 is 5.72. The molecule has 0 aliphatic rings. The lowest BCUT2D eigenvalue weighted by atomic mass is 9.77. The van der Waals surface area contributed by atoms with Crippen molar-refractivity contribution in [1.29, 1.82) is 0 Å². The Morgan fingerprint density at radius 1 is 1.54 bits per heavy atom. The van der Waals surface area contributed by atoms with E-state index in [1.165, 1.54) is 0 Å². The molecule has 0 saturated carbocycles. The van der Waals surface area contributed by atoms with Gasteiger partial charge in [0.1, 0.15) is 5.76 Å². The van der Waals surface area contributed by atoms with Crippen molar-refractivity contribution in [2.24, 2.45) is 11.7 Å². The Balaban J connectivity index is 3.02. The lowest BCUT2D eigenvalue weighted by Gasteiger charge is -2.29. The molecule has 1 aromatic rings. The van der Waals surface area contributed by atoms with Crippen molar-refractivity contribution < 1.29 is 4.42 Å². The third kappa shape index (κ3) is 1.89. The zero-order valence-corrected chi connectivity index (χ0v) is 9.06. The first-order chi connectivity index (χ1) is 6.00. The summed E-state index contributed by atoms with van der Waals surface area (Å²) in [6.45, 7) is 6.91. The van der Waals surface area contributed by atoms with Gasteiger partial charge in [-0.1, -0.05) is 20.8 Å². The minimum atomic E-state index is -0.118. The third-order valence-corrected chi connectivity index (χ3v) is 3.04. The topological polar surface area (TPSA) is 39.2 Å². The molecule has 1 heterocycles. The maximum Gasteiger partial charge on any atom is 0.193 e. The maximum absolute atomic E-state index is 5.75. The zero-order valence-electron chi connectivity index (χ0n) is 8.30. The SMILES string of the molecule is CC(C)C(C)(CN)c1ccc(Cl)o1. The Hall–Kier alpha value is -0.470. The van der Waals surface area contributed by atoms with Gasteiger partial charge < -0.3 is 10.2 Å². The first-order valence-corrected chi connectivity index (χ1v) is 4.84. The summed E-state index contributed by atoms with van der Waals surface area (Å²) in [6, 6.07) is 3.66. The smallest absolute Gasteiger partial charge is 0.193 e. The molecular weight excluding hydrogens is 186 g/mol. The van der Waals surface area contributed by atoms with E-state index >= 15 is 0 Å². The molecular formula is C10H16ClNO. The Kier molecular flexibility index (Phi) is 3.04. The molecule has 1 aromatic heterocycles. The van der Waals surface area contributed by atoms with Crippen molar-refractivity contribution in [2.75, 3.05) is 6.54 Å². The predicted octanol–water partition coefficient (Wildman–Crippen LogP) is 2.81. The quantitative estimate of drug-likeness (QED) is 0.817. The standard InChI is InChI=1S/C10H16ClNO/c1-7(2)10(3,6-12)8-4-5-9(11)13-8/h4-5,7H,6,12H2,1-3H3. The van der Waals surface area contributed by atoms with Crippen LogP contribution in [0.2, 0.25) is 5.22 Å². The number of furan rings is 1. The van der Waals surface area contributed by atoms with Crippen molar-refractivity contribution >= 4 is 11.6 Å². The Morgan fingerprint density at radius 3 is 2.46 bits per heavy atom. The van der Waals surface area contributed by atoms with Gasteiger partial charge in [0.25, 0.3) is 0 Å². The minimum absolute atomic E-state index is 0.118. The molecule has 0 aliphatic carbocycles. The van der Waals surface area contributed by atoms with Crippen molar-refractivity contribution in [3.05, 3.63) is 23.1 Å². The van der Waals surface area contributed by atoms with Gasteiger partial charge in [0, 0.05) is 12.0 Å². The largest absolute Gasteiger partial charge is 0.449 e. The first kappa shape index (κ1) is 10.6. The molecule has 0 fully saturated rings. The van der Waals surface area contributed by atoms with Gasteiger partial charge in [-0.25, -0.2) is 0 Å². The summed E-state index contributed by atoms with van der Waals surface area (Å²) in [5.41, 5.74) is 5.63.